The molecule has 0 radical (unpaired) electrons. The highest BCUT2D eigenvalue weighted by molar-refractivity contribution is 9.11. The summed E-state index contributed by atoms with van der Waals surface area (Å²) >= 11 is 6.42. The smallest absolute Gasteiger partial charge is 0.263 e. The van der Waals surface area contributed by atoms with E-state index in [1.807, 2.05) is 6.07 Å². The SMILES string of the molecule is N#Cc1ccc(NS(=O)(=O)c2ccc(N)cc2Br)c(Br)c1. The maximum Gasteiger partial charge on any atom is 0.263 e. The van der Waals surface area contributed by atoms with Crippen molar-refractivity contribution in [3.8, 4) is 6.07 Å². The first kappa shape index (κ1) is 15.8. The highest BCUT2D eigenvalue weighted by atomic mass is 79.9. The first-order chi connectivity index (χ1) is 9.83. The van der Waals surface area contributed by atoms with Gasteiger partial charge in [-0.05, 0) is 68.3 Å². The van der Waals surface area contributed by atoms with Crippen LogP contribution < -0.4 is 10.5 Å². The van der Waals surface area contributed by atoms with Crippen molar-refractivity contribution in [3.63, 3.8) is 0 Å². The zero-order chi connectivity index (χ0) is 15.6. The van der Waals surface area contributed by atoms with Gasteiger partial charge in [-0.3, -0.25) is 4.72 Å². The lowest BCUT2D eigenvalue weighted by atomic mass is 10.2. The lowest BCUT2D eigenvalue weighted by molar-refractivity contribution is 0.601. The quantitative estimate of drug-likeness (QED) is 0.728. The zero-order valence-corrected chi connectivity index (χ0v) is 14.5. The molecule has 0 aliphatic carbocycles. The number of benzene rings is 2. The maximum atomic E-state index is 12.4. The summed E-state index contributed by atoms with van der Waals surface area (Å²) < 4.78 is 28.1. The molecule has 0 atom stereocenters. The Balaban J connectivity index is 2.40. The molecule has 0 fully saturated rings. The predicted molar refractivity (Wildman–Crippen MR) is 88.2 cm³/mol. The topological polar surface area (TPSA) is 96.0 Å². The summed E-state index contributed by atoms with van der Waals surface area (Å²) in [4.78, 5) is 0.0768. The van der Waals surface area contributed by atoms with Gasteiger partial charge in [-0.2, -0.15) is 5.26 Å². The highest BCUT2D eigenvalue weighted by Gasteiger charge is 2.19. The second-order valence-electron chi connectivity index (χ2n) is 4.10. The molecule has 0 aromatic heterocycles. The fraction of sp³-hybridized carbons (Fsp3) is 0. The van der Waals surface area contributed by atoms with Gasteiger partial charge in [0.15, 0.2) is 0 Å². The highest BCUT2D eigenvalue weighted by Crippen LogP contribution is 2.29. The van der Waals surface area contributed by atoms with Gasteiger partial charge in [-0.1, -0.05) is 0 Å². The van der Waals surface area contributed by atoms with E-state index in [-0.39, 0.29) is 4.90 Å². The number of rotatable bonds is 3. The third-order valence-corrected chi connectivity index (χ3v) is 5.59. The minimum absolute atomic E-state index is 0.0768. The number of nitrogens with zero attached hydrogens (tertiary/aromatic N) is 1. The Kier molecular flexibility index (Phi) is 4.56. The van der Waals surface area contributed by atoms with Crippen LogP contribution in [0.3, 0.4) is 0 Å². The molecule has 5 nitrogen and oxygen atoms in total. The maximum absolute atomic E-state index is 12.4. The average molecular weight is 431 g/mol. The summed E-state index contributed by atoms with van der Waals surface area (Å²) in [6, 6.07) is 11.0. The number of anilines is 2. The molecular formula is C13H9Br2N3O2S. The Morgan fingerprint density at radius 1 is 1.10 bits per heavy atom. The molecule has 0 spiro atoms. The van der Waals surface area contributed by atoms with Crippen molar-refractivity contribution >= 4 is 53.3 Å². The van der Waals surface area contributed by atoms with Crippen molar-refractivity contribution in [1.82, 2.24) is 0 Å². The Morgan fingerprint density at radius 3 is 2.38 bits per heavy atom. The third kappa shape index (κ3) is 3.56. The molecule has 0 bridgehead atoms. The summed E-state index contributed by atoms with van der Waals surface area (Å²) in [6.07, 6.45) is 0. The minimum Gasteiger partial charge on any atom is -0.399 e. The third-order valence-electron chi connectivity index (χ3n) is 2.59. The Morgan fingerprint density at radius 2 is 1.81 bits per heavy atom. The average Bonchev–Trinajstić information content (AvgIpc) is 2.40. The zero-order valence-electron chi connectivity index (χ0n) is 10.5. The molecule has 3 N–H and O–H groups in total. The number of hydrogen-bond donors (Lipinski definition) is 2. The van der Waals surface area contributed by atoms with Crippen LogP contribution in [0, 0.1) is 11.3 Å². The van der Waals surface area contributed by atoms with Crippen LogP contribution in [-0.2, 0) is 10.0 Å². The molecular weight excluding hydrogens is 422 g/mol. The van der Waals surface area contributed by atoms with Crippen LogP contribution in [0.5, 0.6) is 0 Å². The molecule has 8 heteroatoms. The largest absolute Gasteiger partial charge is 0.399 e. The van der Waals surface area contributed by atoms with Crippen LogP contribution in [0.4, 0.5) is 11.4 Å². The van der Waals surface area contributed by atoms with Crippen molar-refractivity contribution in [2.45, 2.75) is 4.90 Å². The van der Waals surface area contributed by atoms with Crippen LogP contribution in [0.15, 0.2) is 50.2 Å². The predicted octanol–water partition coefficient (Wildman–Crippen LogP) is 3.47. The number of nitrogens with one attached hydrogen (secondary N) is 1. The van der Waals surface area contributed by atoms with Gasteiger partial charge in [-0.15, -0.1) is 0 Å². The Hall–Kier alpha value is -1.56. The summed E-state index contributed by atoms with van der Waals surface area (Å²) in [5.74, 6) is 0. The van der Waals surface area contributed by atoms with Crippen molar-refractivity contribution < 1.29 is 8.42 Å². The first-order valence-electron chi connectivity index (χ1n) is 5.61. The van der Waals surface area contributed by atoms with Gasteiger partial charge in [0.2, 0.25) is 0 Å². The second kappa shape index (κ2) is 6.05. The van der Waals surface area contributed by atoms with Gasteiger partial charge in [0, 0.05) is 14.6 Å². The summed E-state index contributed by atoms with van der Waals surface area (Å²) in [6.45, 7) is 0. The van der Waals surface area contributed by atoms with Crippen LogP contribution in [0.2, 0.25) is 0 Å². The van der Waals surface area contributed by atoms with E-state index in [1.165, 1.54) is 36.4 Å². The van der Waals surface area contributed by atoms with E-state index in [0.717, 1.165) is 0 Å². The van der Waals surface area contributed by atoms with E-state index < -0.39 is 10.0 Å². The molecule has 0 aliphatic rings. The van der Waals surface area contributed by atoms with Crippen LogP contribution in [-0.4, -0.2) is 8.42 Å². The molecule has 108 valence electrons. The minimum atomic E-state index is -3.77. The van der Waals surface area contributed by atoms with Crippen LogP contribution in [0.1, 0.15) is 5.56 Å². The number of nitrogen functional groups attached to an aromatic ring is 1. The fourth-order valence-corrected chi connectivity index (χ4v) is 4.39. The van der Waals surface area contributed by atoms with Gasteiger partial charge in [0.1, 0.15) is 4.90 Å². The molecule has 0 unspecified atom stereocenters. The van der Waals surface area contributed by atoms with Gasteiger partial charge in [0.05, 0.1) is 17.3 Å². The number of hydrogen-bond acceptors (Lipinski definition) is 4. The number of halogens is 2. The summed E-state index contributed by atoms with van der Waals surface area (Å²) in [5, 5.41) is 8.80. The lowest BCUT2D eigenvalue weighted by Gasteiger charge is -2.11. The molecule has 0 aliphatic heterocycles. The molecule has 0 amide bonds. The molecule has 2 rings (SSSR count). The van der Waals surface area contributed by atoms with E-state index in [4.69, 9.17) is 11.0 Å². The van der Waals surface area contributed by atoms with E-state index in [2.05, 4.69) is 36.6 Å². The summed E-state index contributed by atoms with van der Waals surface area (Å²) in [7, 11) is -3.77. The first-order valence-corrected chi connectivity index (χ1v) is 8.68. The van der Waals surface area contributed by atoms with Gasteiger partial charge >= 0.3 is 0 Å². The number of nitriles is 1. The van der Waals surface area contributed by atoms with Crippen LogP contribution >= 0.6 is 31.9 Å². The van der Waals surface area contributed by atoms with Gasteiger partial charge in [-0.25, -0.2) is 8.42 Å². The van der Waals surface area contributed by atoms with E-state index in [1.54, 1.807) is 0 Å². The normalized spacial score (nSPS) is 10.9. The molecule has 0 saturated heterocycles. The summed E-state index contributed by atoms with van der Waals surface area (Å²) in [5.41, 5.74) is 6.83. The van der Waals surface area contributed by atoms with Crippen molar-refractivity contribution in [2.75, 3.05) is 10.5 Å². The molecule has 0 heterocycles. The molecule has 21 heavy (non-hydrogen) atoms. The van der Waals surface area contributed by atoms with Gasteiger partial charge < -0.3 is 5.73 Å². The Labute approximate surface area is 139 Å². The molecule has 0 saturated carbocycles. The van der Waals surface area contributed by atoms with Crippen molar-refractivity contribution in [3.05, 3.63) is 50.9 Å². The number of nitrogens with two attached hydrogens (primary N) is 1. The fourth-order valence-electron chi connectivity index (χ4n) is 1.60. The second-order valence-corrected chi connectivity index (χ2v) is 7.46. The van der Waals surface area contributed by atoms with E-state index >= 15 is 0 Å². The number of sulfonamides is 1. The van der Waals surface area contributed by atoms with Crippen LogP contribution in [0.25, 0.3) is 0 Å². The standard InChI is InChI=1S/C13H9Br2N3O2S/c14-10-5-8(7-16)1-3-12(10)18-21(19,20)13-4-2-9(17)6-11(13)15/h1-6,18H,17H2. The van der Waals surface area contributed by atoms with E-state index in [0.29, 0.717) is 25.9 Å². The van der Waals surface area contributed by atoms with Crippen molar-refractivity contribution in [2.24, 2.45) is 0 Å². The molecule has 2 aromatic carbocycles. The van der Waals surface area contributed by atoms with Crippen molar-refractivity contribution in [1.29, 1.82) is 5.26 Å². The van der Waals surface area contributed by atoms with E-state index in [9.17, 15) is 8.42 Å². The lowest BCUT2D eigenvalue weighted by Crippen LogP contribution is -2.14. The molecule has 2 aromatic rings. The Bertz CT molecular complexity index is 845. The monoisotopic (exact) mass is 429 g/mol. The van der Waals surface area contributed by atoms with Gasteiger partial charge in [0.25, 0.3) is 10.0 Å².